The molecule has 14 heavy (non-hydrogen) atoms. The zero-order valence-corrected chi connectivity index (χ0v) is 8.75. The van der Waals surface area contributed by atoms with E-state index in [1.807, 2.05) is 6.92 Å². The van der Waals surface area contributed by atoms with Gasteiger partial charge >= 0.3 is 5.97 Å². The van der Waals surface area contributed by atoms with Crippen molar-refractivity contribution < 1.29 is 14.3 Å². The van der Waals surface area contributed by atoms with E-state index >= 15 is 0 Å². The zero-order chi connectivity index (χ0) is 10.8. The molecule has 0 saturated heterocycles. The van der Waals surface area contributed by atoms with Crippen molar-refractivity contribution in [1.29, 1.82) is 0 Å². The SMILES string of the molecule is C=CCOCC(=C)C(=O)OCCCC. The first-order valence-corrected chi connectivity index (χ1v) is 4.75. The topological polar surface area (TPSA) is 35.5 Å². The van der Waals surface area contributed by atoms with Crippen LogP contribution in [0.15, 0.2) is 24.8 Å². The van der Waals surface area contributed by atoms with E-state index in [4.69, 9.17) is 9.47 Å². The summed E-state index contributed by atoms with van der Waals surface area (Å²) in [5.41, 5.74) is 0.350. The van der Waals surface area contributed by atoms with E-state index in [-0.39, 0.29) is 12.6 Å². The maximum atomic E-state index is 11.2. The summed E-state index contributed by atoms with van der Waals surface area (Å²) in [4.78, 5) is 11.2. The summed E-state index contributed by atoms with van der Waals surface area (Å²) in [5.74, 6) is -0.373. The van der Waals surface area contributed by atoms with Crippen LogP contribution in [0.4, 0.5) is 0 Å². The average Bonchev–Trinajstić information content (AvgIpc) is 2.18. The highest BCUT2D eigenvalue weighted by Gasteiger charge is 2.07. The van der Waals surface area contributed by atoms with Gasteiger partial charge in [-0.3, -0.25) is 0 Å². The number of rotatable bonds is 8. The van der Waals surface area contributed by atoms with E-state index in [1.165, 1.54) is 0 Å². The minimum atomic E-state index is -0.373. The highest BCUT2D eigenvalue weighted by molar-refractivity contribution is 5.87. The Morgan fingerprint density at radius 1 is 1.50 bits per heavy atom. The monoisotopic (exact) mass is 198 g/mol. The molecule has 0 saturated carbocycles. The second-order valence-electron chi connectivity index (χ2n) is 2.90. The minimum Gasteiger partial charge on any atom is -0.462 e. The lowest BCUT2D eigenvalue weighted by atomic mass is 10.3. The van der Waals surface area contributed by atoms with Crippen LogP contribution in [-0.2, 0) is 14.3 Å². The molecule has 3 heteroatoms. The molecule has 0 amide bonds. The fourth-order valence-electron chi connectivity index (χ4n) is 0.736. The van der Waals surface area contributed by atoms with E-state index in [9.17, 15) is 4.79 Å². The lowest BCUT2D eigenvalue weighted by molar-refractivity contribution is -0.139. The van der Waals surface area contributed by atoms with Crippen LogP contribution in [0.2, 0.25) is 0 Å². The molecule has 0 aromatic heterocycles. The molecule has 0 aromatic carbocycles. The quantitative estimate of drug-likeness (QED) is 0.259. The minimum absolute atomic E-state index is 0.205. The standard InChI is InChI=1S/C11H18O3/c1-4-6-8-14-11(12)10(3)9-13-7-5-2/h5H,2-4,6-9H2,1H3. The Balaban J connectivity index is 3.55. The summed E-state index contributed by atoms with van der Waals surface area (Å²) in [6, 6.07) is 0. The molecule has 0 aromatic rings. The third-order valence-electron chi connectivity index (χ3n) is 1.53. The number of hydrogen-bond acceptors (Lipinski definition) is 3. The maximum absolute atomic E-state index is 11.2. The van der Waals surface area contributed by atoms with Crippen LogP contribution in [0.3, 0.4) is 0 Å². The maximum Gasteiger partial charge on any atom is 0.335 e. The van der Waals surface area contributed by atoms with Gasteiger partial charge in [0.05, 0.1) is 25.4 Å². The summed E-state index contributed by atoms with van der Waals surface area (Å²) in [7, 11) is 0. The highest BCUT2D eigenvalue weighted by atomic mass is 16.5. The molecule has 0 aliphatic carbocycles. The van der Waals surface area contributed by atoms with Crippen molar-refractivity contribution in [2.45, 2.75) is 19.8 Å². The Morgan fingerprint density at radius 2 is 2.21 bits per heavy atom. The van der Waals surface area contributed by atoms with Crippen LogP contribution in [0, 0.1) is 0 Å². The van der Waals surface area contributed by atoms with E-state index in [0.717, 1.165) is 12.8 Å². The number of esters is 1. The van der Waals surface area contributed by atoms with Gasteiger partial charge in [-0.1, -0.05) is 26.0 Å². The first kappa shape index (κ1) is 12.9. The van der Waals surface area contributed by atoms with Crippen LogP contribution in [0.25, 0.3) is 0 Å². The summed E-state index contributed by atoms with van der Waals surface area (Å²) < 4.78 is 9.98. The fourth-order valence-corrected chi connectivity index (χ4v) is 0.736. The zero-order valence-electron chi connectivity index (χ0n) is 8.75. The predicted octanol–water partition coefficient (Wildman–Crippen LogP) is 2.09. The van der Waals surface area contributed by atoms with E-state index in [1.54, 1.807) is 6.08 Å². The van der Waals surface area contributed by atoms with Gasteiger partial charge in [-0.2, -0.15) is 0 Å². The molecule has 0 aliphatic rings. The summed E-state index contributed by atoms with van der Waals surface area (Å²) >= 11 is 0. The van der Waals surface area contributed by atoms with Crippen LogP contribution in [0.1, 0.15) is 19.8 Å². The van der Waals surface area contributed by atoms with Gasteiger partial charge in [0.1, 0.15) is 0 Å². The molecule has 3 nitrogen and oxygen atoms in total. The van der Waals surface area contributed by atoms with Crippen molar-refractivity contribution in [1.82, 2.24) is 0 Å². The van der Waals surface area contributed by atoms with Gasteiger partial charge < -0.3 is 9.47 Å². The van der Waals surface area contributed by atoms with Crippen molar-refractivity contribution >= 4 is 5.97 Å². The molecule has 0 heterocycles. The first-order valence-electron chi connectivity index (χ1n) is 4.75. The third kappa shape index (κ3) is 6.43. The van der Waals surface area contributed by atoms with Crippen LogP contribution in [0.5, 0.6) is 0 Å². The number of ether oxygens (including phenoxy) is 2. The van der Waals surface area contributed by atoms with Crippen molar-refractivity contribution in [3.63, 3.8) is 0 Å². The van der Waals surface area contributed by atoms with Crippen molar-refractivity contribution in [3.05, 3.63) is 24.8 Å². The highest BCUT2D eigenvalue weighted by Crippen LogP contribution is 1.98. The summed E-state index contributed by atoms with van der Waals surface area (Å²) in [5, 5.41) is 0. The molecule has 0 spiro atoms. The first-order chi connectivity index (χ1) is 6.72. The smallest absolute Gasteiger partial charge is 0.335 e. The Bertz CT molecular complexity index is 197. The van der Waals surface area contributed by atoms with E-state index in [0.29, 0.717) is 18.8 Å². The molecule has 80 valence electrons. The summed E-state index contributed by atoms with van der Waals surface area (Å²) in [6.45, 7) is 10.2. The summed E-state index contributed by atoms with van der Waals surface area (Å²) in [6.07, 6.45) is 3.51. The van der Waals surface area contributed by atoms with Gasteiger partial charge in [-0.15, -0.1) is 6.58 Å². The van der Waals surface area contributed by atoms with E-state index in [2.05, 4.69) is 13.2 Å². The van der Waals surface area contributed by atoms with Crippen LogP contribution in [-0.4, -0.2) is 25.8 Å². The molecular weight excluding hydrogens is 180 g/mol. The van der Waals surface area contributed by atoms with Crippen molar-refractivity contribution in [3.8, 4) is 0 Å². The second-order valence-corrected chi connectivity index (χ2v) is 2.90. The van der Waals surface area contributed by atoms with Gasteiger partial charge in [0.15, 0.2) is 0 Å². The lowest BCUT2D eigenvalue weighted by Gasteiger charge is -2.06. The lowest BCUT2D eigenvalue weighted by Crippen LogP contribution is -2.12. The molecule has 0 N–H and O–H groups in total. The third-order valence-corrected chi connectivity index (χ3v) is 1.53. The second kappa shape index (κ2) is 8.51. The Morgan fingerprint density at radius 3 is 2.79 bits per heavy atom. The van der Waals surface area contributed by atoms with Gasteiger partial charge in [0.2, 0.25) is 0 Å². The fraction of sp³-hybridized carbons (Fsp3) is 0.545. The molecule has 0 atom stereocenters. The molecule has 0 radical (unpaired) electrons. The number of carbonyl (C=O) groups is 1. The van der Waals surface area contributed by atoms with Crippen LogP contribution >= 0.6 is 0 Å². The van der Waals surface area contributed by atoms with Crippen molar-refractivity contribution in [2.75, 3.05) is 19.8 Å². The normalized spacial score (nSPS) is 9.50. The van der Waals surface area contributed by atoms with Crippen molar-refractivity contribution in [2.24, 2.45) is 0 Å². The van der Waals surface area contributed by atoms with Gasteiger partial charge in [-0.25, -0.2) is 4.79 Å². The number of unbranched alkanes of at least 4 members (excludes halogenated alkanes) is 1. The predicted molar refractivity (Wildman–Crippen MR) is 56.0 cm³/mol. The molecule has 0 fully saturated rings. The van der Waals surface area contributed by atoms with Gasteiger partial charge in [0.25, 0.3) is 0 Å². The molecule has 0 rings (SSSR count). The Hall–Kier alpha value is -1.09. The van der Waals surface area contributed by atoms with Gasteiger partial charge in [0, 0.05) is 0 Å². The van der Waals surface area contributed by atoms with E-state index < -0.39 is 0 Å². The largest absolute Gasteiger partial charge is 0.462 e. The van der Waals surface area contributed by atoms with Crippen LogP contribution < -0.4 is 0 Å². The Kier molecular flexibility index (Phi) is 7.84. The number of hydrogen-bond donors (Lipinski definition) is 0. The molecule has 0 bridgehead atoms. The molecular formula is C11H18O3. The number of carbonyl (C=O) groups excluding carboxylic acids is 1. The van der Waals surface area contributed by atoms with Gasteiger partial charge in [-0.05, 0) is 6.42 Å². The Labute approximate surface area is 85.4 Å². The average molecular weight is 198 g/mol. The molecule has 0 unspecified atom stereocenters. The molecule has 0 aliphatic heterocycles.